The minimum atomic E-state index is -0.504. The van der Waals surface area contributed by atoms with Crippen molar-refractivity contribution in [2.45, 2.75) is 31.4 Å². The van der Waals surface area contributed by atoms with Crippen LogP contribution < -0.4 is 14.8 Å². The first-order valence-electron chi connectivity index (χ1n) is 6.49. The lowest BCUT2D eigenvalue weighted by Gasteiger charge is -2.26. The van der Waals surface area contributed by atoms with E-state index in [1.807, 2.05) is 18.2 Å². The molecule has 4 heteroatoms. The molecule has 1 heterocycles. The summed E-state index contributed by atoms with van der Waals surface area (Å²) in [6.07, 6.45) is 2.96. The molecule has 1 aromatic rings. The van der Waals surface area contributed by atoms with E-state index in [2.05, 4.69) is 5.32 Å². The third-order valence-electron chi connectivity index (χ3n) is 3.62. The Kier molecular flexibility index (Phi) is 4.44. The van der Waals surface area contributed by atoms with E-state index < -0.39 is 6.10 Å². The zero-order valence-electron chi connectivity index (χ0n) is 11.1. The first-order valence-corrected chi connectivity index (χ1v) is 6.49. The van der Waals surface area contributed by atoms with Crippen LogP contribution in [-0.4, -0.2) is 31.9 Å². The number of piperidine rings is 1. The number of quaternary nitrogens is 1. The Morgan fingerprint density at radius 2 is 2.11 bits per heavy atom. The van der Waals surface area contributed by atoms with Crippen LogP contribution in [0.1, 0.15) is 30.9 Å². The predicted octanol–water partition coefficient (Wildman–Crippen LogP) is 0.853. The highest BCUT2D eigenvalue weighted by molar-refractivity contribution is 5.42. The minimum Gasteiger partial charge on any atom is -0.497 e. The molecule has 2 atom stereocenters. The Bertz CT molecular complexity index is 389. The maximum Gasteiger partial charge on any atom is 0.134 e. The van der Waals surface area contributed by atoms with Gasteiger partial charge in [0, 0.05) is 12.0 Å². The predicted molar refractivity (Wildman–Crippen MR) is 68.9 cm³/mol. The molecular formula is C14H22NO3+. The lowest BCUT2D eigenvalue weighted by atomic mass is 9.94. The van der Waals surface area contributed by atoms with Crippen molar-refractivity contribution in [1.29, 1.82) is 0 Å². The molecule has 18 heavy (non-hydrogen) atoms. The molecule has 1 aliphatic rings. The highest BCUT2D eigenvalue weighted by atomic mass is 16.5. The molecule has 0 bridgehead atoms. The van der Waals surface area contributed by atoms with E-state index in [1.54, 1.807) is 14.2 Å². The van der Waals surface area contributed by atoms with Crippen molar-refractivity contribution >= 4 is 0 Å². The highest BCUT2D eigenvalue weighted by Crippen LogP contribution is 2.31. The van der Waals surface area contributed by atoms with Gasteiger partial charge >= 0.3 is 0 Å². The van der Waals surface area contributed by atoms with Gasteiger partial charge in [-0.2, -0.15) is 0 Å². The zero-order valence-corrected chi connectivity index (χ0v) is 11.1. The number of nitrogens with two attached hydrogens (primary N) is 1. The van der Waals surface area contributed by atoms with Crippen LogP contribution in [0, 0.1) is 0 Å². The van der Waals surface area contributed by atoms with Gasteiger partial charge in [0.25, 0.3) is 0 Å². The molecule has 0 unspecified atom stereocenters. The number of hydrogen-bond donors (Lipinski definition) is 2. The maximum absolute atomic E-state index is 10.5. The SMILES string of the molecule is COc1ccc(OC)c([C@@H](O)[C@@H]2CCCC[NH2+]2)c1. The van der Waals surface area contributed by atoms with Crippen LogP contribution in [0.4, 0.5) is 0 Å². The Morgan fingerprint density at radius 3 is 2.72 bits per heavy atom. The number of ether oxygens (including phenoxy) is 2. The maximum atomic E-state index is 10.5. The summed E-state index contributed by atoms with van der Waals surface area (Å²) in [6, 6.07) is 5.78. The molecule has 1 aromatic carbocycles. The van der Waals surface area contributed by atoms with E-state index in [9.17, 15) is 5.11 Å². The normalized spacial score (nSPS) is 21.4. The van der Waals surface area contributed by atoms with Gasteiger partial charge in [-0.15, -0.1) is 0 Å². The molecule has 0 spiro atoms. The zero-order chi connectivity index (χ0) is 13.0. The van der Waals surface area contributed by atoms with E-state index in [0.29, 0.717) is 0 Å². The Morgan fingerprint density at radius 1 is 1.28 bits per heavy atom. The lowest BCUT2D eigenvalue weighted by molar-refractivity contribution is -0.705. The van der Waals surface area contributed by atoms with E-state index in [1.165, 1.54) is 12.8 Å². The van der Waals surface area contributed by atoms with Crippen LogP contribution >= 0.6 is 0 Å². The van der Waals surface area contributed by atoms with Crippen molar-refractivity contribution in [2.24, 2.45) is 0 Å². The van der Waals surface area contributed by atoms with Crippen LogP contribution in [0.3, 0.4) is 0 Å². The van der Waals surface area contributed by atoms with Gasteiger partial charge in [0.2, 0.25) is 0 Å². The van der Waals surface area contributed by atoms with Crippen LogP contribution in [0.15, 0.2) is 18.2 Å². The topological polar surface area (TPSA) is 55.3 Å². The van der Waals surface area contributed by atoms with E-state index >= 15 is 0 Å². The fourth-order valence-corrected chi connectivity index (χ4v) is 2.56. The van der Waals surface area contributed by atoms with Gasteiger partial charge in [0.15, 0.2) is 0 Å². The molecule has 0 saturated carbocycles. The van der Waals surface area contributed by atoms with Crippen LogP contribution in [0.2, 0.25) is 0 Å². The monoisotopic (exact) mass is 252 g/mol. The third-order valence-corrected chi connectivity index (χ3v) is 3.62. The lowest BCUT2D eigenvalue weighted by Crippen LogP contribution is -2.92. The minimum absolute atomic E-state index is 0.222. The van der Waals surface area contributed by atoms with Crippen molar-refractivity contribution < 1.29 is 19.9 Å². The molecule has 0 amide bonds. The molecule has 4 nitrogen and oxygen atoms in total. The van der Waals surface area contributed by atoms with Crippen LogP contribution in [-0.2, 0) is 0 Å². The van der Waals surface area contributed by atoms with Gasteiger partial charge in [-0.25, -0.2) is 0 Å². The molecule has 0 aromatic heterocycles. The van der Waals surface area contributed by atoms with E-state index in [4.69, 9.17) is 9.47 Å². The van der Waals surface area contributed by atoms with Crippen molar-refractivity contribution in [3.63, 3.8) is 0 Å². The van der Waals surface area contributed by atoms with Crippen molar-refractivity contribution in [3.05, 3.63) is 23.8 Å². The number of rotatable bonds is 4. The molecule has 0 radical (unpaired) electrons. The summed E-state index contributed by atoms with van der Waals surface area (Å²) < 4.78 is 10.5. The smallest absolute Gasteiger partial charge is 0.134 e. The van der Waals surface area contributed by atoms with E-state index in [-0.39, 0.29) is 6.04 Å². The van der Waals surface area contributed by atoms with Gasteiger partial charge in [-0.05, 0) is 31.0 Å². The van der Waals surface area contributed by atoms with Crippen molar-refractivity contribution in [3.8, 4) is 11.5 Å². The second-order valence-corrected chi connectivity index (χ2v) is 4.74. The average Bonchev–Trinajstić information content (AvgIpc) is 2.46. The Hall–Kier alpha value is -1.26. The highest BCUT2D eigenvalue weighted by Gasteiger charge is 2.28. The van der Waals surface area contributed by atoms with Crippen molar-refractivity contribution in [2.75, 3.05) is 20.8 Å². The standard InChI is InChI=1S/C14H21NO3/c1-17-10-6-7-13(18-2)11(9-10)14(16)12-5-3-4-8-15-12/h6-7,9,12,14-16H,3-5,8H2,1-2H3/p+1/t12-,14+/m0/s1. The van der Waals surface area contributed by atoms with E-state index in [0.717, 1.165) is 30.0 Å². The second-order valence-electron chi connectivity index (χ2n) is 4.74. The first kappa shape index (κ1) is 13.2. The summed E-state index contributed by atoms with van der Waals surface area (Å²) in [7, 11) is 3.26. The molecule has 3 N–H and O–H groups in total. The first-order chi connectivity index (χ1) is 8.76. The number of hydrogen-bond acceptors (Lipinski definition) is 3. The summed E-state index contributed by atoms with van der Waals surface area (Å²) in [5.41, 5.74) is 0.819. The molecule has 1 saturated heterocycles. The van der Waals surface area contributed by atoms with Crippen LogP contribution in [0.5, 0.6) is 11.5 Å². The molecule has 0 aliphatic carbocycles. The summed E-state index contributed by atoms with van der Waals surface area (Å²) in [5.74, 6) is 1.47. The summed E-state index contributed by atoms with van der Waals surface area (Å²) >= 11 is 0. The van der Waals surface area contributed by atoms with Gasteiger partial charge in [0.05, 0.1) is 20.8 Å². The number of aliphatic hydroxyl groups is 1. The van der Waals surface area contributed by atoms with Crippen molar-refractivity contribution in [1.82, 2.24) is 0 Å². The van der Waals surface area contributed by atoms with Gasteiger partial charge in [-0.3, -0.25) is 0 Å². The van der Waals surface area contributed by atoms with Crippen LogP contribution in [0.25, 0.3) is 0 Å². The third kappa shape index (κ3) is 2.76. The Balaban J connectivity index is 2.23. The number of methoxy groups -OCH3 is 2. The fourth-order valence-electron chi connectivity index (χ4n) is 2.56. The molecule has 100 valence electrons. The molecule has 2 rings (SSSR count). The molecule has 1 fully saturated rings. The second kappa shape index (κ2) is 6.07. The summed E-state index contributed by atoms with van der Waals surface area (Å²) in [6.45, 7) is 1.09. The quantitative estimate of drug-likeness (QED) is 0.835. The number of benzene rings is 1. The molecule has 1 aliphatic heterocycles. The fraction of sp³-hybridized carbons (Fsp3) is 0.571. The van der Waals surface area contributed by atoms with Gasteiger partial charge < -0.3 is 19.9 Å². The van der Waals surface area contributed by atoms with Gasteiger partial charge in [-0.1, -0.05) is 0 Å². The average molecular weight is 252 g/mol. The largest absolute Gasteiger partial charge is 0.497 e. The van der Waals surface area contributed by atoms with Gasteiger partial charge in [0.1, 0.15) is 23.6 Å². The Labute approximate surface area is 108 Å². The number of aliphatic hydroxyl groups excluding tert-OH is 1. The molecular weight excluding hydrogens is 230 g/mol. The summed E-state index contributed by atoms with van der Waals surface area (Å²) in [4.78, 5) is 0. The summed E-state index contributed by atoms with van der Waals surface area (Å²) in [5, 5.41) is 12.7.